The molecule has 3 rings (SSSR count). The minimum Gasteiger partial charge on any atom is -0.394 e. The summed E-state index contributed by atoms with van der Waals surface area (Å²) in [7, 11) is 0. The number of aliphatic hydroxyl groups excluding tert-OH is 3. The lowest BCUT2D eigenvalue weighted by atomic mass is 10.1. The molecule has 31 heavy (non-hydrogen) atoms. The van der Waals surface area contributed by atoms with E-state index in [0.717, 1.165) is 12.1 Å². The highest BCUT2D eigenvalue weighted by Gasteiger charge is 2.46. The molecule has 3 N–H and O–H groups in total. The molecule has 0 aliphatic carbocycles. The van der Waals surface area contributed by atoms with Gasteiger partial charge in [-0.25, -0.2) is 4.79 Å². The van der Waals surface area contributed by atoms with Crippen LogP contribution in [0.2, 0.25) is 0 Å². The molecule has 0 bridgehead atoms. The predicted molar refractivity (Wildman–Crippen MR) is 93.3 cm³/mol. The van der Waals surface area contributed by atoms with Crippen LogP contribution in [0.5, 0.6) is 0 Å². The van der Waals surface area contributed by atoms with Crippen LogP contribution in [0.3, 0.4) is 0 Å². The summed E-state index contributed by atoms with van der Waals surface area (Å²) in [5.41, 5.74) is -6.22. The van der Waals surface area contributed by atoms with E-state index in [4.69, 9.17) is 9.84 Å². The van der Waals surface area contributed by atoms with Crippen molar-refractivity contribution in [1.82, 2.24) is 9.13 Å². The van der Waals surface area contributed by atoms with Crippen LogP contribution in [0.15, 0.2) is 46.1 Å². The highest BCUT2D eigenvalue weighted by molar-refractivity contribution is 5.20. The summed E-state index contributed by atoms with van der Waals surface area (Å²) in [6.07, 6.45) is -12.5. The third-order valence-corrected chi connectivity index (χ3v) is 4.85. The molecular weight excluding hydrogens is 435 g/mol. The van der Waals surface area contributed by atoms with Gasteiger partial charge in [-0.3, -0.25) is 13.9 Å². The second-order valence-electron chi connectivity index (χ2n) is 6.92. The Hall–Kier alpha value is -2.61. The molecule has 2 heterocycles. The summed E-state index contributed by atoms with van der Waals surface area (Å²) in [4.78, 5) is 25.0. The number of hydrogen-bond donors (Lipinski definition) is 3. The first-order valence-corrected chi connectivity index (χ1v) is 8.87. The molecule has 1 aromatic carbocycles. The Kier molecular flexibility index (Phi) is 6.06. The van der Waals surface area contributed by atoms with Crippen LogP contribution in [-0.4, -0.2) is 49.4 Å². The molecule has 1 aromatic heterocycles. The van der Waals surface area contributed by atoms with Crippen LogP contribution in [0.25, 0.3) is 0 Å². The highest BCUT2D eigenvalue weighted by Crippen LogP contribution is 2.32. The number of halogens is 5. The van der Waals surface area contributed by atoms with Crippen LogP contribution in [0, 0.1) is 0 Å². The zero-order chi connectivity index (χ0) is 23.1. The second-order valence-corrected chi connectivity index (χ2v) is 6.92. The fraction of sp³-hybridized carbons (Fsp3) is 0.444. The fourth-order valence-corrected chi connectivity index (χ4v) is 3.22. The van der Waals surface area contributed by atoms with Crippen molar-refractivity contribution in [3.8, 4) is 0 Å². The predicted octanol–water partition coefficient (Wildman–Crippen LogP) is 0.432. The molecule has 1 aliphatic rings. The van der Waals surface area contributed by atoms with Gasteiger partial charge in [0, 0.05) is 11.8 Å². The van der Waals surface area contributed by atoms with E-state index >= 15 is 0 Å². The first-order valence-electron chi connectivity index (χ1n) is 8.87. The quantitative estimate of drug-likeness (QED) is 0.568. The van der Waals surface area contributed by atoms with Gasteiger partial charge < -0.3 is 20.1 Å². The van der Waals surface area contributed by atoms with Gasteiger partial charge in [-0.2, -0.15) is 22.0 Å². The minimum atomic E-state index is -5.32. The molecule has 0 radical (unpaired) electrons. The molecule has 8 nitrogen and oxygen atoms in total. The first kappa shape index (κ1) is 23.1. The van der Waals surface area contributed by atoms with Gasteiger partial charge in [0.15, 0.2) is 6.23 Å². The van der Waals surface area contributed by atoms with E-state index in [1.807, 2.05) is 0 Å². The van der Waals surface area contributed by atoms with Gasteiger partial charge in [-0.15, -0.1) is 0 Å². The van der Waals surface area contributed by atoms with E-state index in [0.29, 0.717) is 0 Å². The number of alkyl halides is 5. The maximum absolute atomic E-state index is 14.7. The zero-order valence-electron chi connectivity index (χ0n) is 15.5. The summed E-state index contributed by atoms with van der Waals surface area (Å²) in [5, 5.41) is 29.0. The number of aliphatic hydroxyl groups is 3. The van der Waals surface area contributed by atoms with Gasteiger partial charge in [-0.1, -0.05) is 30.3 Å². The fourth-order valence-electron chi connectivity index (χ4n) is 3.22. The average molecular weight is 452 g/mol. The number of hydrogen-bond acceptors (Lipinski definition) is 6. The average Bonchev–Trinajstić information content (AvgIpc) is 2.99. The van der Waals surface area contributed by atoms with Crippen LogP contribution in [-0.2, 0) is 23.4 Å². The minimum absolute atomic E-state index is 0.0299. The molecule has 0 saturated carbocycles. The van der Waals surface area contributed by atoms with Crippen molar-refractivity contribution in [2.75, 3.05) is 6.61 Å². The summed E-state index contributed by atoms with van der Waals surface area (Å²) in [6.45, 7) is -2.56. The number of aromatic nitrogens is 2. The van der Waals surface area contributed by atoms with Crippen molar-refractivity contribution in [1.29, 1.82) is 0 Å². The molecule has 1 fully saturated rings. The van der Waals surface area contributed by atoms with E-state index in [-0.39, 0.29) is 15.3 Å². The SMILES string of the molecule is O=c1c(C(F)(F)F)cn([C@@H]2O[C@H](CO)[C@H](O)[C@@H]2O)c(=O)n1CC(F)(F)c1ccccc1. The third kappa shape index (κ3) is 4.26. The molecule has 0 spiro atoms. The summed E-state index contributed by atoms with van der Waals surface area (Å²) in [6, 6.07) is 5.86. The molecule has 170 valence electrons. The van der Waals surface area contributed by atoms with Crippen molar-refractivity contribution in [2.24, 2.45) is 0 Å². The molecule has 4 atom stereocenters. The van der Waals surface area contributed by atoms with Crippen molar-refractivity contribution < 1.29 is 42.0 Å². The molecule has 1 aliphatic heterocycles. The number of benzene rings is 1. The first-order chi connectivity index (χ1) is 14.4. The Bertz CT molecular complexity index is 1050. The van der Waals surface area contributed by atoms with E-state index in [2.05, 4.69) is 0 Å². The lowest BCUT2D eigenvalue weighted by Crippen LogP contribution is -2.48. The van der Waals surface area contributed by atoms with Gasteiger partial charge in [0.25, 0.3) is 11.5 Å². The highest BCUT2D eigenvalue weighted by atomic mass is 19.4. The lowest BCUT2D eigenvalue weighted by molar-refractivity contribution is -0.140. The maximum Gasteiger partial charge on any atom is 0.423 e. The topological polar surface area (TPSA) is 114 Å². The summed E-state index contributed by atoms with van der Waals surface area (Å²) >= 11 is 0. The van der Waals surface area contributed by atoms with E-state index in [1.165, 1.54) is 18.2 Å². The zero-order valence-corrected chi connectivity index (χ0v) is 15.5. The maximum atomic E-state index is 14.7. The van der Waals surface area contributed by atoms with Crippen molar-refractivity contribution >= 4 is 0 Å². The molecule has 13 heteroatoms. The van der Waals surface area contributed by atoms with Gasteiger partial charge in [0.05, 0.1) is 13.2 Å². The smallest absolute Gasteiger partial charge is 0.394 e. The van der Waals surface area contributed by atoms with E-state index in [1.54, 1.807) is 0 Å². The van der Waals surface area contributed by atoms with Crippen LogP contribution >= 0.6 is 0 Å². The Balaban J connectivity index is 2.17. The Labute approximate surface area is 170 Å². The van der Waals surface area contributed by atoms with Gasteiger partial charge >= 0.3 is 11.9 Å². The third-order valence-electron chi connectivity index (χ3n) is 4.85. The molecule has 1 saturated heterocycles. The number of ether oxygens (including phenoxy) is 1. The van der Waals surface area contributed by atoms with Crippen molar-refractivity contribution in [2.45, 2.75) is 43.2 Å². The number of rotatable bonds is 5. The second kappa shape index (κ2) is 8.15. The molecule has 2 aromatic rings. The largest absolute Gasteiger partial charge is 0.423 e. The Morgan fingerprint density at radius 1 is 1.00 bits per heavy atom. The van der Waals surface area contributed by atoms with Crippen molar-refractivity contribution in [3.05, 3.63) is 68.5 Å². The van der Waals surface area contributed by atoms with Crippen LogP contribution in [0.1, 0.15) is 17.4 Å². The monoisotopic (exact) mass is 452 g/mol. The van der Waals surface area contributed by atoms with Gasteiger partial charge in [0.2, 0.25) is 0 Å². The van der Waals surface area contributed by atoms with Crippen LogP contribution < -0.4 is 11.2 Å². The molecular formula is C18H17F5N2O6. The molecule has 0 amide bonds. The Morgan fingerprint density at radius 2 is 1.61 bits per heavy atom. The van der Waals surface area contributed by atoms with E-state index in [9.17, 15) is 41.8 Å². The summed E-state index contributed by atoms with van der Waals surface area (Å²) in [5.74, 6) is -3.89. The van der Waals surface area contributed by atoms with Gasteiger partial charge in [0.1, 0.15) is 23.9 Å². The standard InChI is InChI=1S/C18H17F5N2O6/c19-17(20,9-4-2-1-3-5-9)8-25-14(29)10(18(21,22)23)6-24(16(25)30)15-13(28)12(27)11(7-26)31-15/h1-6,11-13,15,26-28H,7-8H2/t11-,12+,13+,15-/m1/s1. The lowest BCUT2D eigenvalue weighted by Gasteiger charge is -2.23. The Morgan fingerprint density at radius 3 is 2.13 bits per heavy atom. The van der Waals surface area contributed by atoms with Crippen molar-refractivity contribution in [3.63, 3.8) is 0 Å². The summed E-state index contributed by atoms with van der Waals surface area (Å²) < 4.78 is 74.3. The normalized spacial score (nSPS) is 24.5. The van der Waals surface area contributed by atoms with E-state index < -0.39 is 72.2 Å². The van der Waals surface area contributed by atoms with Crippen LogP contribution in [0.4, 0.5) is 22.0 Å². The van der Waals surface area contributed by atoms with Gasteiger partial charge in [-0.05, 0) is 0 Å². The number of nitrogens with zero attached hydrogens (tertiary/aromatic N) is 2. The molecule has 0 unspecified atom stereocenters.